The average Bonchev–Trinajstić information content (AvgIpc) is 3.37. The van der Waals surface area contributed by atoms with Crippen molar-refractivity contribution in [3.8, 4) is 5.75 Å². The Bertz CT molecular complexity index is 1010. The van der Waals surface area contributed by atoms with E-state index in [1.54, 1.807) is 18.2 Å². The predicted octanol–water partition coefficient (Wildman–Crippen LogP) is 2.94. The lowest BCUT2D eigenvalue weighted by atomic mass is 10.1. The van der Waals surface area contributed by atoms with Crippen molar-refractivity contribution in [2.75, 3.05) is 0 Å². The number of carbonyl (C=O) groups excluding carboxylic acids is 4. The van der Waals surface area contributed by atoms with E-state index in [9.17, 15) is 19.2 Å². The normalized spacial score (nSPS) is 16.5. The molecule has 0 atom stereocenters. The molecular formula is C23H22N2O6. The molecule has 1 saturated carbocycles. The van der Waals surface area contributed by atoms with Gasteiger partial charge in [-0.05, 0) is 48.9 Å². The van der Waals surface area contributed by atoms with Crippen molar-refractivity contribution in [2.24, 2.45) is 0 Å². The minimum atomic E-state index is -0.964. The Balaban J connectivity index is 1.55. The van der Waals surface area contributed by atoms with Crippen molar-refractivity contribution in [3.63, 3.8) is 0 Å². The van der Waals surface area contributed by atoms with Crippen LogP contribution in [0.15, 0.2) is 48.5 Å². The third-order valence-electron chi connectivity index (χ3n) is 5.32. The molecule has 1 heterocycles. The average molecular weight is 422 g/mol. The first-order chi connectivity index (χ1) is 15.0. The van der Waals surface area contributed by atoms with Crippen LogP contribution in [0.25, 0.3) is 0 Å². The molecule has 1 saturated heterocycles. The molecule has 160 valence electrons. The summed E-state index contributed by atoms with van der Waals surface area (Å²) >= 11 is 0. The number of nitrogens with zero attached hydrogens (tertiary/aromatic N) is 1. The van der Waals surface area contributed by atoms with Gasteiger partial charge in [0.15, 0.2) is 0 Å². The van der Waals surface area contributed by atoms with Crippen molar-refractivity contribution >= 4 is 23.8 Å². The van der Waals surface area contributed by atoms with Gasteiger partial charge in [-0.1, -0.05) is 36.4 Å². The second-order valence-corrected chi connectivity index (χ2v) is 7.57. The van der Waals surface area contributed by atoms with E-state index in [4.69, 9.17) is 9.47 Å². The molecule has 1 N–H and O–H groups in total. The van der Waals surface area contributed by atoms with Gasteiger partial charge in [-0.2, -0.15) is 0 Å². The molecule has 2 fully saturated rings. The maximum absolute atomic E-state index is 12.9. The molecule has 0 bridgehead atoms. The second-order valence-electron chi connectivity index (χ2n) is 7.57. The summed E-state index contributed by atoms with van der Waals surface area (Å²) in [6.07, 6.45) is 4.04. The molecule has 0 unspecified atom stereocenters. The second kappa shape index (κ2) is 8.99. The van der Waals surface area contributed by atoms with Gasteiger partial charge in [-0.3, -0.25) is 19.8 Å². The molecule has 8 nitrogen and oxygen atoms in total. The summed E-state index contributed by atoms with van der Waals surface area (Å²) in [7, 11) is 0. The first-order valence-electron chi connectivity index (χ1n) is 10.2. The minimum Gasteiger partial charge on any atom is -0.490 e. The SMILES string of the molecule is O=C1NC(=O)N(Cc2ccc(OC3CCCC3)c(C(=O)OCc3ccccc3)c2)C1=O. The smallest absolute Gasteiger partial charge is 0.342 e. The summed E-state index contributed by atoms with van der Waals surface area (Å²) in [5, 5.41) is 1.95. The fourth-order valence-electron chi connectivity index (χ4n) is 3.68. The number of urea groups is 1. The molecule has 8 heteroatoms. The lowest BCUT2D eigenvalue weighted by molar-refractivity contribution is -0.140. The maximum Gasteiger partial charge on any atom is 0.342 e. The van der Waals surface area contributed by atoms with Crippen molar-refractivity contribution in [1.29, 1.82) is 0 Å². The molecule has 4 amide bonds. The summed E-state index contributed by atoms with van der Waals surface area (Å²) in [5.41, 5.74) is 1.57. The van der Waals surface area contributed by atoms with Gasteiger partial charge in [0.2, 0.25) is 0 Å². The van der Waals surface area contributed by atoms with E-state index in [1.165, 1.54) is 0 Å². The Hall–Kier alpha value is -3.68. The number of imide groups is 2. The number of rotatable bonds is 7. The summed E-state index contributed by atoms with van der Waals surface area (Å²) in [6, 6.07) is 13.4. The van der Waals surface area contributed by atoms with Gasteiger partial charge < -0.3 is 9.47 Å². The summed E-state index contributed by atoms with van der Waals surface area (Å²) in [4.78, 5) is 48.8. The molecule has 0 aromatic heterocycles. The van der Waals surface area contributed by atoms with Gasteiger partial charge in [-0.15, -0.1) is 0 Å². The van der Waals surface area contributed by atoms with E-state index >= 15 is 0 Å². The number of carbonyl (C=O) groups is 4. The molecule has 2 aromatic rings. The highest BCUT2D eigenvalue weighted by Crippen LogP contribution is 2.29. The Morgan fingerprint density at radius 2 is 1.74 bits per heavy atom. The number of benzene rings is 2. The molecule has 4 rings (SSSR count). The standard InChI is InChI=1S/C23H22N2O6/c26-20-21(27)25(23(29)24-20)13-16-10-11-19(31-17-8-4-5-9-17)18(12-16)22(28)30-14-15-6-2-1-3-7-15/h1-3,6-7,10-12,17H,4-5,8-9,13-14H2,(H,24,26,29). The molecule has 31 heavy (non-hydrogen) atoms. The van der Waals surface area contributed by atoms with Gasteiger partial charge >= 0.3 is 23.8 Å². The predicted molar refractivity (Wildman–Crippen MR) is 109 cm³/mol. The van der Waals surface area contributed by atoms with Crippen molar-refractivity contribution in [1.82, 2.24) is 10.2 Å². The quantitative estimate of drug-likeness (QED) is 0.418. The third kappa shape index (κ3) is 4.74. The number of esters is 1. The summed E-state index contributed by atoms with van der Waals surface area (Å²) in [6.45, 7) is -0.0344. The van der Waals surface area contributed by atoms with Crippen LogP contribution in [-0.2, 0) is 27.5 Å². The highest BCUT2D eigenvalue weighted by molar-refractivity contribution is 6.44. The first-order valence-corrected chi connectivity index (χ1v) is 10.2. The lowest BCUT2D eigenvalue weighted by Crippen LogP contribution is -2.30. The van der Waals surface area contributed by atoms with Crippen molar-refractivity contribution in [2.45, 2.75) is 44.9 Å². The number of amides is 4. The Kier molecular flexibility index (Phi) is 5.97. The van der Waals surface area contributed by atoms with Crippen LogP contribution in [0.5, 0.6) is 5.75 Å². The van der Waals surface area contributed by atoms with Crippen LogP contribution in [0.4, 0.5) is 4.79 Å². The van der Waals surface area contributed by atoms with Gasteiger partial charge in [0.05, 0.1) is 12.6 Å². The van der Waals surface area contributed by atoms with Crippen LogP contribution in [0.1, 0.15) is 47.2 Å². The van der Waals surface area contributed by atoms with Crippen LogP contribution in [-0.4, -0.2) is 34.8 Å². The van der Waals surface area contributed by atoms with E-state index in [-0.39, 0.29) is 24.8 Å². The highest BCUT2D eigenvalue weighted by Gasteiger charge is 2.37. The Labute approximate surface area is 179 Å². The highest BCUT2D eigenvalue weighted by atomic mass is 16.5. The van der Waals surface area contributed by atoms with Gasteiger partial charge in [0, 0.05) is 0 Å². The van der Waals surface area contributed by atoms with Gasteiger partial charge in [-0.25, -0.2) is 9.59 Å². The number of nitrogens with one attached hydrogen (secondary N) is 1. The number of ether oxygens (including phenoxy) is 2. The van der Waals surface area contributed by atoms with E-state index in [0.717, 1.165) is 36.1 Å². The van der Waals surface area contributed by atoms with Crippen LogP contribution < -0.4 is 10.1 Å². The largest absolute Gasteiger partial charge is 0.490 e. The monoisotopic (exact) mass is 422 g/mol. The van der Waals surface area contributed by atoms with Crippen LogP contribution >= 0.6 is 0 Å². The fraction of sp³-hybridized carbons (Fsp3) is 0.304. The molecule has 2 aliphatic rings. The van der Waals surface area contributed by atoms with Crippen LogP contribution in [0, 0.1) is 0 Å². The fourth-order valence-corrected chi connectivity index (χ4v) is 3.68. The zero-order valence-corrected chi connectivity index (χ0v) is 16.8. The molecule has 1 aliphatic carbocycles. The van der Waals surface area contributed by atoms with Crippen LogP contribution in [0.3, 0.4) is 0 Å². The Morgan fingerprint density at radius 1 is 1.00 bits per heavy atom. The van der Waals surface area contributed by atoms with Crippen molar-refractivity contribution < 1.29 is 28.7 Å². The molecule has 0 radical (unpaired) electrons. The Morgan fingerprint density at radius 3 is 2.42 bits per heavy atom. The summed E-state index contributed by atoms with van der Waals surface area (Å²) in [5.74, 6) is -2.05. The zero-order chi connectivity index (χ0) is 21.8. The maximum atomic E-state index is 12.9. The number of hydrogen-bond acceptors (Lipinski definition) is 6. The van der Waals surface area contributed by atoms with E-state index in [1.807, 2.05) is 35.6 Å². The summed E-state index contributed by atoms with van der Waals surface area (Å²) < 4.78 is 11.5. The zero-order valence-electron chi connectivity index (χ0n) is 16.8. The van der Waals surface area contributed by atoms with E-state index in [2.05, 4.69) is 0 Å². The van der Waals surface area contributed by atoms with E-state index in [0.29, 0.717) is 11.3 Å². The lowest BCUT2D eigenvalue weighted by Gasteiger charge is -2.18. The van der Waals surface area contributed by atoms with Gasteiger partial charge in [0.1, 0.15) is 17.9 Å². The molecule has 1 aliphatic heterocycles. The molecule has 2 aromatic carbocycles. The minimum absolute atomic E-state index is 0.0371. The van der Waals surface area contributed by atoms with Gasteiger partial charge in [0.25, 0.3) is 0 Å². The van der Waals surface area contributed by atoms with Crippen LogP contribution in [0.2, 0.25) is 0 Å². The molecule has 0 spiro atoms. The number of hydrogen-bond donors (Lipinski definition) is 1. The van der Waals surface area contributed by atoms with E-state index < -0.39 is 23.8 Å². The topological polar surface area (TPSA) is 102 Å². The third-order valence-corrected chi connectivity index (χ3v) is 5.32. The van der Waals surface area contributed by atoms with Crippen molar-refractivity contribution in [3.05, 3.63) is 65.2 Å². The first kappa shape index (κ1) is 20.6. The molecular weight excluding hydrogens is 400 g/mol.